The fourth-order valence-corrected chi connectivity index (χ4v) is 9.38. The molecule has 0 saturated heterocycles. The van der Waals surface area contributed by atoms with E-state index in [1.807, 2.05) is 0 Å². The van der Waals surface area contributed by atoms with Gasteiger partial charge in [-0.3, -0.25) is 14.4 Å². The van der Waals surface area contributed by atoms with Crippen LogP contribution in [0, 0.1) is 0 Å². The maximum absolute atomic E-state index is 12.9. The van der Waals surface area contributed by atoms with Crippen LogP contribution < -0.4 is 0 Å². The van der Waals surface area contributed by atoms with E-state index >= 15 is 0 Å². The Kier molecular flexibility index (Phi) is 56.2. The van der Waals surface area contributed by atoms with Crippen LogP contribution in [0.3, 0.4) is 0 Å². The lowest BCUT2D eigenvalue weighted by molar-refractivity contribution is -0.167. The van der Waals surface area contributed by atoms with Gasteiger partial charge in [0.1, 0.15) is 13.2 Å². The van der Waals surface area contributed by atoms with Gasteiger partial charge < -0.3 is 14.2 Å². The molecule has 0 bridgehead atoms. The average molecular weight is 960 g/mol. The molecule has 1 unspecified atom stereocenters. The summed E-state index contributed by atoms with van der Waals surface area (Å²) in [5, 5.41) is 0. The van der Waals surface area contributed by atoms with Crippen LogP contribution >= 0.6 is 0 Å². The molecule has 0 saturated carbocycles. The summed E-state index contributed by atoms with van der Waals surface area (Å²) in [6.45, 7) is 6.69. The third kappa shape index (κ3) is 55.1. The molecule has 0 fully saturated rings. The fourth-order valence-electron chi connectivity index (χ4n) is 9.38. The number of esters is 3. The number of rotatable bonds is 57. The van der Waals surface area contributed by atoms with Gasteiger partial charge in [-0.1, -0.05) is 296 Å². The minimum absolute atomic E-state index is 0.0662. The van der Waals surface area contributed by atoms with Crippen LogP contribution in [-0.4, -0.2) is 37.2 Å². The average Bonchev–Trinajstić information content (AvgIpc) is 3.34. The zero-order valence-corrected chi connectivity index (χ0v) is 46.2. The summed E-state index contributed by atoms with van der Waals surface area (Å²) in [6, 6.07) is 0. The van der Waals surface area contributed by atoms with E-state index in [4.69, 9.17) is 14.2 Å². The molecule has 0 N–H and O–H groups in total. The summed E-state index contributed by atoms with van der Waals surface area (Å²) in [5.74, 6) is -0.847. The second kappa shape index (κ2) is 57.7. The smallest absolute Gasteiger partial charge is 0.306 e. The minimum atomic E-state index is -0.768. The molecule has 0 heterocycles. The third-order valence-electron chi connectivity index (χ3n) is 14.0. The molecule has 0 aliphatic carbocycles. The fraction of sp³-hybridized carbons (Fsp3) is 0.919. The molecule has 0 rings (SSSR count). The summed E-state index contributed by atoms with van der Waals surface area (Å²) in [5.41, 5.74) is 0. The molecule has 0 aromatic carbocycles. The van der Waals surface area contributed by atoms with Gasteiger partial charge in [0, 0.05) is 19.3 Å². The molecule has 6 nitrogen and oxygen atoms in total. The van der Waals surface area contributed by atoms with Gasteiger partial charge in [0.2, 0.25) is 0 Å². The SMILES string of the molecule is CCCCCC/C=C\CCCCCCCC(=O)OCC(COC(=O)CCCCCCCCCCCCCCCCCCCCC)OC(=O)CCCCCCCCCCCCCCCCCCCC. The summed E-state index contributed by atoms with van der Waals surface area (Å²) in [7, 11) is 0. The summed E-state index contributed by atoms with van der Waals surface area (Å²) < 4.78 is 16.9. The number of ether oxygens (including phenoxy) is 3. The highest BCUT2D eigenvalue weighted by Crippen LogP contribution is 2.18. The number of allylic oxidation sites excluding steroid dienone is 2. The van der Waals surface area contributed by atoms with E-state index in [0.29, 0.717) is 19.3 Å². The van der Waals surface area contributed by atoms with Crippen molar-refractivity contribution in [1.29, 1.82) is 0 Å². The molecule has 402 valence electrons. The highest BCUT2D eigenvalue weighted by molar-refractivity contribution is 5.71. The van der Waals surface area contributed by atoms with Crippen molar-refractivity contribution in [3.05, 3.63) is 12.2 Å². The topological polar surface area (TPSA) is 78.9 Å². The van der Waals surface area contributed by atoms with Crippen LogP contribution in [0.15, 0.2) is 12.2 Å². The lowest BCUT2D eigenvalue weighted by Gasteiger charge is -2.18. The van der Waals surface area contributed by atoms with Crippen molar-refractivity contribution in [3.63, 3.8) is 0 Å². The van der Waals surface area contributed by atoms with Crippen molar-refractivity contribution in [2.24, 2.45) is 0 Å². The second-order valence-electron chi connectivity index (χ2n) is 21.0. The highest BCUT2D eigenvalue weighted by Gasteiger charge is 2.19. The summed E-state index contributed by atoms with van der Waals surface area (Å²) >= 11 is 0. The first-order valence-corrected chi connectivity index (χ1v) is 30.7. The van der Waals surface area contributed by atoms with Crippen LogP contribution in [0.1, 0.15) is 348 Å². The molecule has 68 heavy (non-hydrogen) atoms. The van der Waals surface area contributed by atoms with Crippen LogP contribution in [0.4, 0.5) is 0 Å². The first-order valence-electron chi connectivity index (χ1n) is 30.7. The van der Waals surface area contributed by atoms with E-state index in [0.717, 1.165) is 64.2 Å². The quantitative estimate of drug-likeness (QED) is 0.0262. The number of unbranched alkanes of at least 4 members (excludes halogenated alkanes) is 44. The summed E-state index contributed by atoms with van der Waals surface area (Å²) in [6.07, 6.45) is 66.4. The Morgan fingerprint density at radius 3 is 0.750 bits per heavy atom. The van der Waals surface area contributed by atoms with E-state index in [-0.39, 0.29) is 31.1 Å². The number of carbonyl (C=O) groups excluding carboxylic acids is 3. The Morgan fingerprint density at radius 2 is 0.485 bits per heavy atom. The standard InChI is InChI=1S/C62H118O6/c1-4-7-10-13-16-19-22-25-27-29-31-33-34-37-40-43-46-49-52-55-61(64)67-58-59(57-66-60(63)54-51-48-45-42-39-36-24-21-18-15-12-9-6-3)68-62(65)56-53-50-47-44-41-38-35-32-30-28-26-23-20-17-14-11-8-5-2/h21,24,59H,4-20,22-23,25-58H2,1-3H3/b24-21-. The van der Waals surface area contributed by atoms with Crippen molar-refractivity contribution >= 4 is 17.9 Å². The largest absolute Gasteiger partial charge is 0.462 e. The third-order valence-corrected chi connectivity index (χ3v) is 14.0. The molecule has 0 aliphatic rings. The Morgan fingerprint density at radius 1 is 0.279 bits per heavy atom. The molecule has 0 aliphatic heterocycles. The van der Waals surface area contributed by atoms with Gasteiger partial charge >= 0.3 is 17.9 Å². The van der Waals surface area contributed by atoms with Crippen molar-refractivity contribution in [2.45, 2.75) is 354 Å². The zero-order valence-electron chi connectivity index (χ0n) is 46.2. The Labute approximate surface area is 424 Å². The molecule has 0 amide bonds. The number of hydrogen-bond donors (Lipinski definition) is 0. The molecule has 1 atom stereocenters. The normalized spacial score (nSPS) is 12.0. The lowest BCUT2D eigenvalue weighted by Crippen LogP contribution is -2.30. The van der Waals surface area contributed by atoms with E-state index in [2.05, 4.69) is 32.9 Å². The van der Waals surface area contributed by atoms with Gasteiger partial charge in [-0.15, -0.1) is 0 Å². The van der Waals surface area contributed by atoms with E-state index < -0.39 is 6.10 Å². The molecule has 0 radical (unpaired) electrons. The lowest BCUT2D eigenvalue weighted by atomic mass is 10.0. The van der Waals surface area contributed by atoms with Gasteiger partial charge in [0.05, 0.1) is 0 Å². The molecule has 0 aromatic rings. The number of hydrogen-bond acceptors (Lipinski definition) is 6. The van der Waals surface area contributed by atoms with Crippen LogP contribution in [0.5, 0.6) is 0 Å². The van der Waals surface area contributed by atoms with Crippen LogP contribution in [0.25, 0.3) is 0 Å². The van der Waals surface area contributed by atoms with Gasteiger partial charge in [-0.05, 0) is 44.9 Å². The molecule has 6 heteroatoms. The maximum atomic E-state index is 12.9. The first-order chi connectivity index (χ1) is 33.5. The van der Waals surface area contributed by atoms with Gasteiger partial charge in [-0.25, -0.2) is 0 Å². The second-order valence-corrected chi connectivity index (χ2v) is 21.0. The van der Waals surface area contributed by atoms with E-state index in [9.17, 15) is 14.4 Å². The molecular weight excluding hydrogens is 841 g/mol. The van der Waals surface area contributed by atoms with Crippen molar-refractivity contribution in [3.8, 4) is 0 Å². The van der Waals surface area contributed by atoms with Crippen molar-refractivity contribution in [1.82, 2.24) is 0 Å². The Balaban J connectivity index is 4.28. The van der Waals surface area contributed by atoms with E-state index in [1.165, 1.54) is 244 Å². The van der Waals surface area contributed by atoms with Crippen molar-refractivity contribution < 1.29 is 28.6 Å². The monoisotopic (exact) mass is 959 g/mol. The van der Waals surface area contributed by atoms with Gasteiger partial charge in [-0.2, -0.15) is 0 Å². The highest BCUT2D eigenvalue weighted by atomic mass is 16.6. The predicted molar refractivity (Wildman–Crippen MR) is 293 cm³/mol. The van der Waals surface area contributed by atoms with Gasteiger partial charge in [0.25, 0.3) is 0 Å². The molecule has 0 aromatic heterocycles. The van der Waals surface area contributed by atoms with Gasteiger partial charge in [0.15, 0.2) is 6.10 Å². The van der Waals surface area contributed by atoms with Crippen LogP contribution in [-0.2, 0) is 28.6 Å². The first kappa shape index (κ1) is 66.2. The van der Waals surface area contributed by atoms with Crippen molar-refractivity contribution in [2.75, 3.05) is 13.2 Å². The summed E-state index contributed by atoms with van der Waals surface area (Å²) in [4.78, 5) is 38.2. The molecular formula is C62H118O6. The van der Waals surface area contributed by atoms with E-state index in [1.54, 1.807) is 0 Å². The number of carbonyl (C=O) groups is 3. The predicted octanol–water partition coefficient (Wildman–Crippen LogP) is 20.5. The maximum Gasteiger partial charge on any atom is 0.306 e. The molecule has 0 spiro atoms. The Hall–Kier alpha value is -1.85. The minimum Gasteiger partial charge on any atom is -0.462 e. The zero-order chi connectivity index (χ0) is 49.3. The Bertz CT molecular complexity index is 1060. The van der Waals surface area contributed by atoms with Crippen LogP contribution in [0.2, 0.25) is 0 Å².